The first-order valence-corrected chi connectivity index (χ1v) is 40.9. The van der Waals surface area contributed by atoms with Crippen LogP contribution in [0.25, 0.3) is 0 Å². The molecule has 0 spiro atoms. The van der Waals surface area contributed by atoms with Gasteiger partial charge < -0.3 is 97.6 Å². The maximum atomic E-state index is 14.7. The van der Waals surface area contributed by atoms with E-state index in [4.69, 9.17) is 61.8 Å². The fraction of sp³-hybridized carbons (Fsp3) is 0.597. The minimum Gasteiger partial charge on any atom is -0.501 e. The van der Waals surface area contributed by atoms with Crippen molar-refractivity contribution in [3.63, 3.8) is 0 Å². The molecule has 9 rings (SSSR count). The Balaban J connectivity index is 0.915. The topological polar surface area (TPSA) is 407 Å². The zero-order valence-electron chi connectivity index (χ0n) is 64.4. The summed E-state index contributed by atoms with van der Waals surface area (Å²) in [6.45, 7) is 19.0. The number of Topliss-reactive ketones (excluding diaryl/α,β-unsaturated/α-hetero) is 1. The van der Waals surface area contributed by atoms with Gasteiger partial charge in [0.15, 0.2) is 41.8 Å². The lowest BCUT2D eigenvalue weighted by Crippen LogP contribution is -2.65. The number of likely N-dealkylation sites (N-methyl/N-ethyl adjacent to an activating group) is 1. The second-order valence-corrected chi connectivity index (χ2v) is 33.4. The molecule has 5 aliphatic heterocycles. The molecule has 31 nitrogen and oxygen atoms in total. The highest BCUT2D eigenvalue weighted by Gasteiger charge is 2.52. The van der Waals surface area contributed by atoms with Crippen molar-refractivity contribution >= 4 is 96.2 Å². The number of carbonyl (C=O) groups excluding carboxylic acids is 6. The number of aliphatic hydroxyl groups excluding tert-OH is 6. The monoisotopic (exact) mass is 1730 g/mol. The number of hydrogen-bond donors (Lipinski definition) is 9. The first-order valence-electron chi connectivity index (χ1n) is 36.7. The average molecular weight is 1730 g/mol. The van der Waals surface area contributed by atoms with E-state index in [9.17, 15) is 64.5 Å². The molecule has 35 heteroatoms. The number of halogens is 1. The number of allylic oxidation sites excluding steroid dienone is 3. The number of ether oxygens (including phenoxy) is 11. The molecule has 3 amide bonds. The van der Waals surface area contributed by atoms with Gasteiger partial charge in [0.1, 0.15) is 35.0 Å². The van der Waals surface area contributed by atoms with Crippen molar-refractivity contribution in [2.24, 2.45) is 16.9 Å². The molecular weight excluding hydrogens is 1630 g/mol. The first-order chi connectivity index (χ1) is 53.3. The number of nitrogens with one attached hydrogen (secondary N) is 2. The van der Waals surface area contributed by atoms with E-state index in [1.807, 2.05) is 62.4 Å². The molecule has 7 aliphatic rings. The lowest BCUT2D eigenvalue weighted by molar-refractivity contribution is -0.336. The summed E-state index contributed by atoms with van der Waals surface area (Å²) >= 11 is 2.77. The van der Waals surface area contributed by atoms with Gasteiger partial charge in [-0.25, -0.2) is 4.79 Å². The number of rotatable bonds is 33. The third-order valence-electron chi connectivity index (χ3n) is 19.9. The number of thioether (sulfide) groups is 1. The molecule has 2 aromatic carbocycles. The van der Waals surface area contributed by atoms with Crippen molar-refractivity contribution in [3.05, 3.63) is 91.8 Å². The van der Waals surface area contributed by atoms with Gasteiger partial charge in [-0.1, -0.05) is 69.7 Å². The third-order valence-corrected chi connectivity index (χ3v) is 25.6. The fourth-order valence-corrected chi connectivity index (χ4v) is 17.7. The van der Waals surface area contributed by atoms with E-state index >= 15 is 0 Å². The Bertz CT molecular complexity index is 3980. The van der Waals surface area contributed by atoms with Crippen LogP contribution in [0.3, 0.4) is 0 Å². The number of nitrogens with zero attached hydrogens (tertiary/aromatic N) is 3. The van der Waals surface area contributed by atoms with Gasteiger partial charge in [0.25, 0.3) is 11.8 Å². The summed E-state index contributed by atoms with van der Waals surface area (Å²) in [4.78, 5) is 90.0. The SMILES string of the molecule is C=C(CC1=C2/C(=C\CSSC(C)(C)N/N=C(\C)c3ccc(OCCCC(=O)ON4C(=O)CCC4=O)cc3)C(O)(C#C/C=C\C#C[C@@H]2OC2OC(C)C(NOC3CC(O)C(SC(=O)c4c(C)c(I)c(OC5OC(C)C(O)C(CO)C5O)c(OC)c4OC)C(C)O3)C(O)C2OC2CC(CO)C(N(CC)C(C)=O)CO2)CC1=O)OC. The van der Waals surface area contributed by atoms with Crippen LogP contribution in [-0.2, 0) is 66.8 Å². The maximum absolute atomic E-state index is 14.7. The van der Waals surface area contributed by atoms with E-state index in [0.29, 0.717) is 32.2 Å². The molecule has 18 unspecified atom stereocenters. The summed E-state index contributed by atoms with van der Waals surface area (Å²) in [6, 6.07) is 5.47. The third kappa shape index (κ3) is 21.6. The molecule has 614 valence electrons. The summed E-state index contributed by atoms with van der Waals surface area (Å²) in [5.41, 5.74) is 6.43. The van der Waals surface area contributed by atoms with Crippen LogP contribution in [0.15, 0.2) is 76.7 Å². The van der Waals surface area contributed by atoms with Crippen molar-refractivity contribution in [2.45, 2.75) is 222 Å². The van der Waals surface area contributed by atoms with E-state index in [0.717, 1.165) is 17.3 Å². The molecule has 112 heavy (non-hydrogen) atoms. The Labute approximate surface area is 676 Å². The molecule has 0 aromatic heterocycles. The van der Waals surface area contributed by atoms with Gasteiger partial charge in [0, 0.05) is 86.5 Å². The van der Waals surface area contributed by atoms with E-state index in [2.05, 4.69) is 46.3 Å². The lowest BCUT2D eigenvalue weighted by atomic mass is 9.72. The van der Waals surface area contributed by atoms with Crippen LogP contribution < -0.4 is 29.9 Å². The zero-order chi connectivity index (χ0) is 81.6. The van der Waals surface area contributed by atoms with Crippen LogP contribution in [0.2, 0.25) is 0 Å². The lowest BCUT2D eigenvalue weighted by Gasteiger charge is -2.47. The number of hydrogen-bond acceptors (Lipinski definition) is 32. The van der Waals surface area contributed by atoms with Crippen molar-refractivity contribution in [3.8, 4) is 46.7 Å². The van der Waals surface area contributed by atoms with Gasteiger partial charge in [-0.2, -0.15) is 10.6 Å². The van der Waals surface area contributed by atoms with E-state index in [1.54, 1.807) is 50.8 Å². The number of hydroxylamine groups is 3. The van der Waals surface area contributed by atoms with Crippen LogP contribution in [0.5, 0.6) is 23.0 Å². The van der Waals surface area contributed by atoms with Gasteiger partial charge in [0.2, 0.25) is 23.1 Å². The summed E-state index contributed by atoms with van der Waals surface area (Å²) in [7, 11) is 6.92. The second kappa shape index (κ2) is 40.4. The van der Waals surface area contributed by atoms with Crippen molar-refractivity contribution < 1.29 is 126 Å². The highest BCUT2D eigenvalue weighted by molar-refractivity contribution is 14.1. The van der Waals surface area contributed by atoms with Gasteiger partial charge >= 0.3 is 5.97 Å². The number of imide groups is 1. The molecule has 2 aliphatic carbocycles. The van der Waals surface area contributed by atoms with Gasteiger partial charge in [-0.3, -0.25) is 34.2 Å². The molecule has 2 aromatic rings. The summed E-state index contributed by atoms with van der Waals surface area (Å²) in [5, 5.41) is 83.8. The molecule has 5 fully saturated rings. The quantitative estimate of drug-likeness (QED) is 0.00515. The van der Waals surface area contributed by atoms with Gasteiger partial charge in [0.05, 0.1) is 122 Å². The number of ketones is 1. The molecule has 2 bridgehead atoms. The first kappa shape index (κ1) is 89.5. The molecule has 0 radical (unpaired) electrons. The van der Waals surface area contributed by atoms with Crippen LogP contribution in [0, 0.1) is 46.0 Å². The van der Waals surface area contributed by atoms with Crippen molar-refractivity contribution in [2.75, 3.05) is 60.1 Å². The Morgan fingerprint density at radius 3 is 2.23 bits per heavy atom. The number of aliphatic hydroxyl groups is 7. The smallest absolute Gasteiger partial charge is 0.333 e. The number of methoxy groups -OCH3 is 3. The van der Waals surface area contributed by atoms with Crippen molar-refractivity contribution in [1.29, 1.82) is 0 Å². The highest BCUT2D eigenvalue weighted by Crippen LogP contribution is 2.50. The predicted octanol–water partition coefficient (Wildman–Crippen LogP) is 5.12. The maximum Gasteiger partial charge on any atom is 0.333 e. The Morgan fingerprint density at radius 2 is 1.58 bits per heavy atom. The Morgan fingerprint density at radius 1 is 0.884 bits per heavy atom. The molecular formula is C77H100IN5O26S3. The Kier molecular flexibility index (Phi) is 32.3. The average Bonchev–Trinajstić information content (AvgIpc) is 0.796. The second-order valence-electron chi connectivity index (χ2n) is 28.2. The summed E-state index contributed by atoms with van der Waals surface area (Å²) in [5.74, 6) is 8.76. The largest absolute Gasteiger partial charge is 0.501 e. The standard InChI is InChI=1S/C77H100IN5O26S3/c1-14-82(45(8)86)52-38-101-59(33-47(52)36-84)106-70-67(94)64(80-108-60-34-53(87)72(44(7)102-60)111-73(95)61-40(3)63(78)69(71(99-13)68(61)98-12)107-74-66(93)50(37-85)65(92)43(6)104-74)42(5)103-75(70)105-55-20-17-15-16-18-29-77(96)35-54(88)49(32-39(2)97-11)62(55)51(77)28-31-110-112-76(9,10)81-79-41(4)46-22-24-48(25-23-46)100-30-19-21-58(91)109-83-56(89)26-27-57(83)90/h15-16,22-25,28,42-44,47,50,52-53,55,59-60,64-67,70,72,74-75,80-81,84-85,87,92-94,96H,2,14,19,21,26-27,30-38H2,1,3-13H3/b16-15-,51-28+,79-41+/t42?,43?,44?,47?,50?,52?,53?,55-,59?,60?,64?,65?,66?,67?,70?,72?,74?,75?,77?/m0/s1. The molecule has 9 N–H and O–H groups in total. The van der Waals surface area contributed by atoms with Gasteiger partial charge in [-0.15, -0.1) is 5.06 Å². The van der Waals surface area contributed by atoms with E-state index in [1.165, 1.54) is 62.0 Å². The molecule has 19 atom stereocenters. The highest BCUT2D eigenvalue weighted by atomic mass is 127. The van der Waals surface area contributed by atoms with Crippen LogP contribution in [0.4, 0.5) is 0 Å². The molecule has 0 saturated carbocycles. The predicted molar refractivity (Wildman–Crippen MR) is 418 cm³/mol. The minimum absolute atomic E-state index is 0.00311. The molecule has 5 saturated heterocycles. The molecule has 5 heterocycles. The van der Waals surface area contributed by atoms with E-state index in [-0.39, 0.29) is 122 Å². The van der Waals surface area contributed by atoms with Gasteiger partial charge in [-0.05, 0) is 132 Å². The zero-order valence-corrected chi connectivity index (χ0v) is 69.0. The number of carbonyl (C=O) groups is 6. The fourth-order valence-electron chi connectivity index (χ4n) is 13.8. The van der Waals surface area contributed by atoms with Crippen LogP contribution >= 0.6 is 55.9 Å². The normalized spacial score (nSPS) is 30.8. The number of amides is 3. The number of benzene rings is 2. The summed E-state index contributed by atoms with van der Waals surface area (Å²) < 4.78 is 68.5. The number of fused-ring (bicyclic) bond motifs is 2. The van der Waals surface area contributed by atoms with Crippen molar-refractivity contribution in [1.82, 2.24) is 20.9 Å². The Hall–Kier alpha value is -6.41. The number of hydrazone groups is 1. The summed E-state index contributed by atoms with van der Waals surface area (Å²) in [6.07, 6.45) is -12.4. The van der Waals surface area contributed by atoms with E-state index < -0.39 is 161 Å². The van der Waals surface area contributed by atoms with Crippen LogP contribution in [-0.4, -0.2) is 254 Å². The minimum atomic E-state index is -2.11. The van der Waals surface area contributed by atoms with Crippen LogP contribution in [0.1, 0.15) is 128 Å².